The third-order valence-corrected chi connectivity index (χ3v) is 3.43. The van der Waals surface area contributed by atoms with Crippen LogP contribution in [0.15, 0.2) is 17.6 Å². The molecule has 0 atom stereocenters. The number of aromatic carboxylic acids is 1. The summed E-state index contributed by atoms with van der Waals surface area (Å²) in [6, 6.07) is 1.55. The van der Waals surface area contributed by atoms with Gasteiger partial charge in [0.25, 0.3) is 0 Å². The predicted molar refractivity (Wildman–Crippen MR) is 76.5 cm³/mol. The number of rotatable bonds is 6. The summed E-state index contributed by atoms with van der Waals surface area (Å²) in [7, 11) is 0. The van der Waals surface area contributed by atoms with Crippen LogP contribution in [0.4, 0.5) is 0 Å². The minimum absolute atomic E-state index is 0.265. The second-order valence-electron chi connectivity index (χ2n) is 3.74. The number of carbonyl (C=O) groups is 1. The van der Waals surface area contributed by atoms with E-state index in [0.29, 0.717) is 30.0 Å². The summed E-state index contributed by atoms with van der Waals surface area (Å²) in [5.74, 6) is 0.333. The highest BCUT2D eigenvalue weighted by Crippen LogP contribution is 2.10. The molecule has 0 fully saturated rings. The van der Waals surface area contributed by atoms with Gasteiger partial charge in [-0.3, -0.25) is 0 Å². The Morgan fingerprint density at radius 3 is 2.53 bits per heavy atom. The van der Waals surface area contributed by atoms with Gasteiger partial charge in [-0.2, -0.15) is 0 Å². The highest BCUT2D eigenvalue weighted by atomic mass is 32.1. The van der Waals surface area contributed by atoms with Gasteiger partial charge in [-0.25, -0.2) is 4.79 Å². The zero-order valence-corrected chi connectivity index (χ0v) is 12.2. The first-order valence-electron chi connectivity index (χ1n) is 5.99. The number of ether oxygens (including phenoxy) is 2. The average Bonchev–Trinajstić information content (AvgIpc) is 2.71. The van der Waals surface area contributed by atoms with E-state index in [2.05, 4.69) is 6.58 Å². The molecule has 0 bridgehead atoms. The zero-order valence-electron chi connectivity index (χ0n) is 11.4. The van der Waals surface area contributed by atoms with E-state index in [-0.39, 0.29) is 4.88 Å². The lowest BCUT2D eigenvalue weighted by Gasteiger charge is -2.09. The summed E-state index contributed by atoms with van der Waals surface area (Å²) in [6.07, 6.45) is 1.77. The van der Waals surface area contributed by atoms with Crippen LogP contribution in [0, 0.1) is 0 Å². The van der Waals surface area contributed by atoms with E-state index in [0.717, 1.165) is 4.53 Å². The maximum atomic E-state index is 10.9. The Bertz CT molecular complexity index is 583. The number of carboxylic acids is 1. The molecule has 0 aliphatic heterocycles. The molecule has 1 aromatic rings. The number of thiophene rings is 1. The van der Waals surface area contributed by atoms with Crippen LogP contribution in [-0.4, -0.2) is 24.3 Å². The minimum Gasteiger partial charge on any atom is -0.495 e. The molecular weight excluding hydrogens is 264 g/mol. The second-order valence-corrected chi connectivity index (χ2v) is 4.82. The molecule has 0 aliphatic rings. The molecule has 0 saturated heterocycles. The highest BCUT2D eigenvalue weighted by Gasteiger charge is 2.07. The molecule has 0 aromatic carbocycles. The van der Waals surface area contributed by atoms with E-state index in [9.17, 15) is 4.79 Å². The molecule has 1 rings (SSSR count). The van der Waals surface area contributed by atoms with Crippen molar-refractivity contribution in [3.63, 3.8) is 0 Å². The van der Waals surface area contributed by atoms with Gasteiger partial charge in [0.05, 0.1) is 13.2 Å². The first-order valence-corrected chi connectivity index (χ1v) is 6.81. The van der Waals surface area contributed by atoms with Crippen LogP contribution >= 0.6 is 11.3 Å². The molecule has 0 saturated carbocycles. The van der Waals surface area contributed by atoms with Crippen LogP contribution < -0.4 is 9.75 Å². The normalized spacial score (nSPS) is 13.1. The van der Waals surface area contributed by atoms with Gasteiger partial charge in [0.15, 0.2) is 5.76 Å². The van der Waals surface area contributed by atoms with E-state index in [1.807, 2.05) is 20.8 Å². The van der Waals surface area contributed by atoms with Crippen molar-refractivity contribution >= 4 is 30.0 Å². The highest BCUT2D eigenvalue weighted by molar-refractivity contribution is 7.11. The molecule has 1 heterocycles. The topological polar surface area (TPSA) is 55.8 Å². The van der Waals surface area contributed by atoms with E-state index in [4.69, 9.17) is 14.6 Å². The van der Waals surface area contributed by atoms with Crippen molar-refractivity contribution in [1.82, 2.24) is 0 Å². The number of carboxylic acid groups (broad SMARTS) is 1. The van der Waals surface area contributed by atoms with Crippen LogP contribution in [-0.2, 0) is 9.47 Å². The molecule has 0 amide bonds. The van der Waals surface area contributed by atoms with Crippen LogP contribution in [0.5, 0.6) is 0 Å². The Labute approximate surface area is 116 Å². The molecule has 0 unspecified atom stereocenters. The largest absolute Gasteiger partial charge is 0.495 e. The molecule has 0 radical (unpaired) electrons. The molecule has 1 aromatic heterocycles. The Hall–Kier alpha value is -1.75. The van der Waals surface area contributed by atoms with Crippen molar-refractivity contribution in [2.75, 3.05) is 13.2 Å². The van der Waals surface area contributed by atoms with Crippen molar-refractivity contribution in [3.8, 4) is 0 Å². The first kappa shape index (κ1) is 15.3. The minimum atomic E-state index is -0.946. The molecule has 19 heavy (non-hydrogen) atoms. The third-order valence-electron chi connectivity index (χ3n) is 2.32. The molecule has 5 heteroatoms. The van der Waals surface area contributed by atoms with Crippen molar-refractivity contribution < 1.29 is 19.4 Å². The molecular formula is C14H18O4S. The summed E-state index contributed by atoms with van der Waals surface area (Å²) in [6.45, 7) is 10.5. The van der Waals surface area contributed by atoms with Crippen molar-refractivity contribution in [1.29, 1.82) is 0 Å². The SMILES string of the molecule is C=c1cc(C(=O)O)s/c1=C/C(OCC)=C(\C)OCC. The first-order chi connectivity index (χ1) is 8.99. The van der Waals surface area contributed by atoms with Gasteiger partial charge in [0, 0.05) is 10.6 Å². The van der Waals surface area contributed by atoms with Gasteiger partial charge in [-0.05, 0) is 32.1 Å². The van der Waals surface area contributed by atoms with Gasteiger partial charge >= 0.3 is 5.97 Å². The van der Waals surface area contributed by atoms with Gasteiger partial charge in [-0.1, -0.05) is 6.58 Å². The standard InChI is InChI=1S/C14H18O4S/c1-5-17-10(4)11(18-6-2)8-12-9(3)7-13(19-12)14(15)16/h7-8H,3,5-6H2,1-2,4H3,(H,15,16)/b11-10-,12-8+. The van der Waals surface area contributed by atoms with Gasteiger partial charge in [-0.15, -0.1) is 11.3 Å². The monoisotopic (exact) mass is 282 g/mol. The lowest BCUT2D eigenvalue weighted by Crippen LogP contribution is -2.16. The maximum absolute atomic E-state index is 10.9. The summed E-state index contributed by atoms with van der Waals surface area (Å²) in [5, 5.41) is 9.62. The summed E-state index contributed by atoms with van der Waals surface area (Å²) in [4.78, 5) is 11.2. The fraction of sp³-hybridized carbons (Fsp3) is 0.357. The summed E-state index contributed by atoms with van der Waals surface area (Å²) in [5.41, 5.74) is 0. The maximum Gasteiger partial charge on any atom is 0.345 e. The van der Waals surface area contributed by atoms with Gasteiger partial charge in [0.2, 0.25) is 0 Å². The quantitative estimate of drug-likeness (QED) is 0.810. The van der Waals surface area contributed by atoms with Crippen LogP contribution in [0.1, 0.15) is 30.4 Å². The van der Waals surface area contributed by atoms with E-state index < -0.39 is 5.97 Å². The summed E-state index contributed by atoms with van der Waals surface area (Å²) >= 11 is 1.17. The Kier molecular flexibility index (Phi) is 5.63. The third kappa shape index (κ3) is 4.13. The Morgan fingerprint density at radius 2 is 2.05 bits per heavy atom. The fourth-order valence-electron chi connectivity index (χ4n) is 1.48. The van der Waals surface area contributed by atoms with Gasteiger partial charge in [0.1, 0.15) is 10.6 Å². The van der Waals surface area contributed by atoms with Crippen LogP contribution in [0.2, 0.25) is 0 Å². The smallest absolute Gasteiger partial charge is 0.345 e. The zero-order chi connectivity index (χ0) is 14.4. The van der Waals surface area contributed by atoms with E-state index in [1.165, 1.54) is 11.3 Å². The number of allylic oxidation sites excluding steroid dienone is 2. The van der Waals surface area contributed by atoms with E-state index >= 15 is 0 Å². The van der Waals surface area contributed by atoms with E-state index in [1.54, 1.807) is 12.1 Å². The molecule has 104 valence electrons. The lowest BCUT2D eigenvalue weighted by molar-refractivity contribution is 0.0702. The molecule has 0 aliphatic carbocycles. The Balaban J connectivity index is 3.27. The molecule has 1 N–H and O–H groups in total. The fourth-order valence-corrected chi connectivity index (χ4v) is 2.36. The van der Waals surface area contributed by atoms with Crippen molar-refractivity contribution in [2.45, 2.75) is 20.8 Å². The van der Waals surface area contributed by atoms with Gasteiger partial charge < -0.3 is 14.6 Å². The van der Waals surface area contributed by atoms with Crippen LogP contribution in [0.3, 0.4) is 0 Å². The van der Waals surface area contributed by atoms with Crippen LogP contribution in [0.25, 0.3) is 12.7 Å². The second kappa shape index (κ2) is 6.99. The lowest BCUT2D eigenvalue weighted by atomic mass is 10.3. The number of hydrogen-bond acceptors (Lipinski definition) is 4. The predicted octanol–water partition coefficient (Wildman–Crippen LogP) is 1.94. The summed E-state index contributed by atoms with van der Waals surface area (Å²) < 4.78 is 11.7. The van der Waals surface area contributed by atoms with Crippen molar-refractivity contribution in [3.05, 3.63) is 32.2 Å². The average molecular weight is 282 g/mol. The Morgan fingerprint density at radius 1 is 1.42 bits per heavy atom. The van der Waals surface area contributed by atoms with Crippen molar-refractivity contribution in [2.24, 2.45) is 0 Å². The molecule has 0 spiro atoms. The number of hydrogen-bond donors (Lipinski definition) is 1. The molecule has 4 nitrogen and oxygen atoms in total.